The van der Waals surface area contributed by atoms with Crippen LogP contribution in [-0.2, 0) is 14.4 Å². The van der Waals surface area contributed by atoms with E-state index < -0.39 is 5.25 Å². The number of hydrogen-bond acceptors (Lipinski definition) is 6. The summed E-state index contributed by atoms with van der Waals surface area (Å²) in [5, 5.41) is 5.21. The van der Waals surface area contributed by atoms with Gasteiger partial charge in [-0.3, -0.25) is 14.4 Å². The quantitative estimate of drug-likeness (QED) is 0.622. The number of hydrogen-bond donors (Lipinski definition) is 2. The molecule has 2 aliphatic heterocycles. The van der Waals surface area contributed by atoms with Crippen molar-refractivity contribution in [1.82, 2.24) is 4.90 Å². The Labute approximate surface area is 200 Å². The van der Waals surface area contributed by atoms with Crippen molar-refractivity contribution in [2.45, 2.75) is 23.0 Å². The van der Waals surface area contributed by atoms with Gasteiger partial charge in [-0.2, -0.15) is 0 Å². The van der Waals surface area contributed by atoms with Crippen LogP contribution in [-0.4, -0.2) is 55.2 Å². The average molecular weight is 490 g/mol. The van der Waals surface area contributed by atoms with Crippen LogP contribution in [0, 0.1) is 5.92 Å². The fourth-order valence-corrected chi connectivity index (χ4v) is 5.25. The second kappa shape index (κ2) is 9.93. The molecule has 2 heterocycles. The highest BCUT2D eigenvalue weighted by atomic mass is 35.5. The Bertz CT molecular complexity index is 1090. The summed E-state index contributed by atoms with van der Waals surface area (Å²) in [6.07, 6.45) is 0.999. The van der Waals surface area contributed by atoms with Crippen LogP contribution in [0.2, 0.25) is 5.02 Å². The van der Waals surface area contributed by atoms with Crippen molar-refractivity contribution in [3.05, 3.63) is 41.4 Å². The Morgan fingerprint density at radius 3 is 2.52 bits per heavy atom. The van der Waals surface area contributed by atoms with Crippen molar-refractivity contribution in [2.24, 2.45) is 5.92 Å². The van der Waals surface area contributed by atoms with Crippen molar-refractivity contribution in [3.63, 3.8) is 0 Å². The van der Waals surface area contributed by atoms with Gasteiger partial charge in [0.1, 0.15) is 11.5 Å². The summed E-state index contributed by atoms with van der Waals surface area (Å²) in [6.45, 7) is 0.812. The summed E-state index contributed by atoms with van der Waals surface area (Å²) >= 11 is 7.45. The molecule has 1 atom stereocenters. The van der Waals surface area contributed by atoms with Gasteiger partial charge < -0.3 is 25.0 Å². The normalized spacial score (nSPS) is 18.2. The minimum atomic E-state index is -0.823. The number of ether oxygens (including phenoxy) is 2. The van der Waals surface area contributed by atoms with Crippen LogP contribution in [0.5, 0.6) is 11.5 Å². The molecular formula is C23H24ClN3O5S. The van der Waals surface area contributed by atoms with Gasteiger partial charge in [-0.25, -0.2) is 0 Å². The van der Waals surface area contributed by atoms with E-state index in [0.29, 0.717) is 48.1 Å². The van der Waals surface area contributed by atoms with Gasteiger partial charge in [-0.05, 0) is 31.0 Å². The van der Waals surface area contributed by atoms with Crippen molar-refractivity contribution < 1.29 is 23.9 Å². The number of benzene rings is 2. The largest absolute Gasteiger partial charge is 0.495 e. The van der Waals surface area contributed by atoms with Crippen molar-refractivity contribution in [3.8, 4) is 11.5 Å². The lowest BCUT2D eigenvalue weighted by Gasteiger charge is -2.34. The second-order valence-corrected chi connectivity index (χ2v) is 9.31. The average Bonchev–Trinajstić information content (AvgIpc) is 2.83. The first kappa shape index (κ1) is 23.3. The standard InChI is InChI=1S/C23H24ClN3O5S/c1-31-17-12-18(32-2)16(11-14(17)24)26-21(28)13-7-9-27(10-8-13)23(30)20-22(29)25-15-5-3-4-6-19(15)33-20/h3-6,11-13,20H,7-10H2,1-2H3,(H,25,29)(H,26,28). The number of fused-ring (bicyclic) bond motifs is 1. The van der Waals surface area contributed by atoms with Crippen LogP contribution >= 0.6 is 23.4 Å². The van der Waals surface area contributed by atoms with Crippen LogP contribution in [0.1, 0.15) is 12.8 Å². The molecule has 0 bridgehead atoms. The molecule has 0 aromatic heterocycles. The van der Waals surface area contributed by atoms with Gasteiger partial charge in [0, 0.05) is 30.0 Å². The number of thioether (sulfide) groups is 1. The van der Waals surface area contributed by atoms with Crippen LogP contribution < -0.4 is 20.1 Å². The molecule has 1 unspecified atom stereocenters. The molecule has 2 N–H and O–H groups in total. The Kier molecular flexibility index (Phi) is 6.99. The predicted octanol–water partition coefficient (Wildman–Crippen LogP) is 3.65. The van der Waals surface area contributed by atoms with Crippen LogP contribution in [0.25, 0.3) is 0 Å². The minimum Gasteiger partial charge on any atom is -0.495 e. The summed E-state index contributed by atoms with van der Waals surface area (Å²) in [6, 6.07) is 10.6. The third kappa shape index (κ3) is 4.89. The topological polar surface area (TPSA) is 97.0 Å². The Hall–Kier alpha value is -2.91. The molecule has 2 aromatic rings. The number of carbonyl (C=O) groups is 3. The number of methoxy groups -OCH3 is 2. The fourth-order valence-electron chi connectivity index (χ4n) is 3.93. The highest BCUT2D eigenvalue weighted by Crippen LogP contribution is 2.38. The van der Waals surface area contributed by atoms with E-state index >= 15 is 0 Å². The maximum absolute atomic E-state index is 13.0. The van der Waals surface area contributed by atoms with E-state index in [1.54, 1.807) is 17.0 Å². The van der Waals surface area contributed by atoms with Crippen molar-refractivity contribution >= 4 is 52.5 Å². The summed E-state index contributed by atoms with van der Waals surface area (Å²) in [4.78, 5) is 40.9. The first-order valence-electron chi connectivity index (χ1n) is 10.5. The van der Waals surface area contributed by atoms with Gasteiger partial charge in [0.05, 0.1) is 30.6 Å². The lowest BCUT2D eigenvalue weighted by molar-refractivity contribution is -0.136. The molecule has 0 saturated carbocycles. The number of nitrogens with one attached hydrogen (secondary N) is 2. The zero-order chi connectivity index (χ0) is 23.5. The molecule has 2 aromatic carbocycles. The molecule has 4 rings (SSSR count). The van der Waals surface area contributed by atoms with Gasteiger partial charge in [-0.15, -0.1) is 11.8 Å². The van der Waals surface area contributed by atoms with Crippen molar-refractivity contribution in [1.29, 1.82) is 0 Å². The third-order valence-electron chi connectivity index (χ3n) is 5.76. The maximum atomic E-state index is 13.0. The number of rotatable bonds is 5. The lowest BCUT2D eigenvalue weighted by atomic mass is 9.95. The van der Waals surface area contributed by atoms with E-state index in [9.17, 15) is 14.4 Å². The number of halogens is 1. The van der Waals surface area contributed by atoms with E-state index in [1.165, 1.54) is 26.0 Å². The molecule has 1 fully saturated rings. The first-order chi connectivity index (χ1) is 15.9. The van der Waals surface area contributed by atoms with E-state index in [2.05, 4.69) is 10.6 Å². The predicted molar refractivity (Wildman–Crippen MR) is 127 cm³/mol. The summed E-state index contributed by atoms with van der Waals surface area (Å²) < 4.78 is 10.5. The maximum Gasteiger partial charge on any atom is 0.247 e. The van der Waals surface area contributed by atoms with Crippen LogP contribution in [0.15, 0.2) is 41.3 Å². The number of piperidine rings is 1. The number of anilines is 2. The minimum absolute atomic E-state index is 0.166. The number of carbonyl (C=O) groups excluding carboxylic acids is 3. The molecule has 0 radical (unpaired) electrons. The van der Waals surface area contributed by atoms with E-state index in [-0.39, 0.29) is 23.6 Å². The summed E-state index contributed by atoms with van der Waals surface area (Å²) in [5.41, 5.74) is 1.18. The summed E-state index contributed by atoms with van der Waals surface area (Å²) in [5.74, 6) is -0.0848. The molecular weight excluding hydrogens is 466 g/mol. The molecule has 8 nitrogen and oxygen atoms in total. The number of amides is 3. The van der Waals surface area contributed by atoms with E-state index in [0.717, 1.165) is 10.6 Å². The van der Waals surface area contributed by atoms with Crippen LogP contribution in [0.3, 0.4) is 0 Å². The van der Waals surface area contributed by atoms with Gasteiger partial charge >= 0.3 is 0 Å². The molecule has 174 valence electrons. The third-order valence-corrected chi connectivity index (χ3v) is 7.32. The number of nitrogens with zero attached hydrogens (tertiary/aromatic N) is 1. The fraction of sp³-hybridized carbons (Fsp3) is 0.348. The SMILES string of the molecule is COc1cc(OC)c(NC(=O)C2CCN(C(=O)C3Sc4ccccc4NC3=O)CC2)cc1Cl. The van der Waals surface area contributed by atoms with E-state index in [1.807, 2.05) is 24.3 Å². The molecule has 10 heteroatoms. The van der Waals surface area contributed by atoms with Gasteiger partial charge in [0.2, 0.25) is 17.7 Å². The summed E-state index contributed by atoms with van der Waals surface area (Å²) in [7, 11) is 3.00. The Balaban J connectivity index is 1.36. The van der Waals surface area contributed by atoms with Gasteiger partial charge in [-0.1, -0.05) is 23.7 Å². The smallest absolute Gasteiger partial charge is 0.247 e. The molecule has 0 spiro atoms. The number of para-hydroxylation sites is 1. The highest BCUT2D eigenvalue weighted by Gasteiger charge is 2.37. The number of likely N-dealkylation sites (tertiary alicyclic amines) is 1. The lowest BCUT2D eigenvalue weighted by Crippen LogP contribution is -2.48. The van der Waals surface area contributed by atoms with Crippen LogP contribution in [0.4, 0.5) is 11.4 Å². The second-order valence-electron chi connectivity index (χ2n) is 7.76. The molecule has 33 heavy (non-hydrogen) atoms. The molecule has 1 saturated heterocycles. The van der Waals surface area contributed by atoms with Gasteiger partial charge in [0.15, 0.2) is 5.25 Å². The van der Waals surface area contributed by atoms with E-state index in [4.69, 9.17) is 21.1 Å². The monoisotopic (exact) mass is 489 g/mol. The molecule has 3 amide bonds. The van der Waals surface area contributed by atoms with Gasteiger partial charge in [0.25, 0.3) is 0 Å². The Morgan fingerprint density at radius 1 is 1.12 bits per heavy atom. The Morgan fingerprint density at radius 2 is 1.82 bits per heavy atom. The first-order valence-corrected chi connectivity index (χ1v) is 11.7. The highest BCUT2D eigenvalue weighted by molar-refractivity contribution is 8.01. The zero-order valence-corrected chi connectivity index (χ0v) is 19.8. The van der Waals surface area contributed by atoms with Crippen molar-refractivity contribution in [2.75, 3.05) is 37.9 Å². The molecule has 2 aliphatic rings. The molecule has 0 aliphatic carbocycles. The zero-order valence-electron chi connectivity index (χ0n) is 18.2.